The molecule has 3 aromatic carbocycles. The van der Waals surface area contributed by atoms with Gasteiger partial charge in [-0.2, -0.15) is 0 Å². The molecule has 2 heterocycles. The SMILES string of the molecule is NC1=NC2(COCc3ccc(NS(=O)(=O)c4ccc5ccccc5c4)cc32)CS1. The van der Waals surface area contributed by atoms with E-state index in [0.717, 1.165) is 21.9 Å². The number of ether oxygens (including phenoxy) is 1. The summed E-state index contributed by atoms with van der Waals surface area (Å²) in [6, 6.07) is 18.3. The van der Waals surface area contributed by atoms with E-state index in [9.17, 15) is 8.42 Å². The summed E-state index contributed by atoms with van der Waals surface area (Å²) in [4.78, 5) is 4.83. The van der Waals surface area contributed by atoms with E-state index in [-0.39, 0.29) is 4.90 Å². The van der Waals surface area contributed by atoms with Crippen LogP contribution in [0.15, 0.2) is 70.6 Å². The highest BCUT2D eigenvalue weighted by atomic mass is 32.2. The van der Waals surface area contributed by atoms with Gasteiger partial charge in [-0.3, -0.25) is 4.72 Å². The van der Waals surface area contributed by atoms with Crippen LogP contribution < -0.4 is 10.5 Å². The molecule has 3 aromatic rings. The van der Waals surface area contributed by atoms with Crippen LogP contribution in [0.2, 0.25) is 0 Å². The van der Waals surface area contributed by atoms with Gasteiger partial charge in [0.2, 0.25) is 0 Å². The van der Waals surface area contributed by atoms with E-state index in [1.54, 1.807) is 18.2 Å². The van der Waals surface area contributed by atoms with Gasteiger partial charge in [0.25, 0.3) is 10.0 Å². The molecule has 2 aliphatic rings. The summed E-state index contributed by atoms with van der Waals surface area (Å²) in [5.41, 5.74) is 7.83. The molecule has 5 rings (SSSR count). The van der Waals surface area contributed by atoms with Crippen LogP contribution in [-0.2, 0) is 26.9 Å². The second-order valence-corrected chi connectivity index (χ2v) is 9.93. The Bertz CT molecular complexity index is 1260. The van der Waals surface area contributed by atoms with Crippen LogP contribution in [0.5, 0.6) is 0 Å². The zero-order valence-electron chi connectivity index (χ0n) is 15.5. The first-order chi connectivity index (χ1) is 14.0. The topological polar surface area (TPSA) is 93.8 Å². The van der Waals surface area contributed by atoms with Crippen LogP contribution in [0.4, 0.5) is 5.69 Å². The monoisotopic (exact) mass is 425 g/mol. The Labute approximate surface area is 173 Å². The van der Waals surface area contributed by atoms with Crippen LogP contribution in [0.1, 0.15) is 11.1 Å². The molecule has 0 amide bonds. The van der Waals surface area contributed by atoms with Crippen LogP contribution in [0, 0.1) is 0 Å². The highest BCUT2D eigenvalue weighted by Crippen LogP contribution is 2.42. The number of benzene rings is 3. The Morgan fingerprint density at radius 1 is 1.07 bits per heavy atom. The molecule has 0 radical (unpaired) electrons. The Balaban J connectivity index is 1.51. The van der Waals surface area contributed by atoms with Gasteiger partial charge >= 0.3 is 0 Å². The van der Waals surface area contributed by atoms with Crippen LogP contribution in [0.25, 0.3) is 10.8 Å². The molecule has 2 aliphatic heterocycles. The number of nitrogens with one attached hydrogen (secondary N) is 1. The van der Waals surface area contributed by atoms with Crippen molar-refractivity contribution in [1.29, 1.82) is 0 Å². The fourth-order valence-corrected chi connectivity index (χ4v) is 5.85. The summed E-state index contributed by atoms with van der Waals surface area (Å²) in [5, 5.41) is 2.41. The second-order valence-electron chi connectivity index (χ2n) is 7.25. The zero-order valence-corrected chi connectivity index (χ0v) is 17.1. The van der Waals surface area contributed by atoms with Crippen molar-refractivity contribution < 1.29 is 13.2 Å². The first-order valence-electron chi connectivity index (χ1n) is 9.16. The minimum atomic E-state index is -3.72. The Kier molecular flexibility index (Phi) is 4.31. The standard InChI is InChI=1S/C21H19N3O3S2/c22-20-23-21(13-28-20)12-27-11-16-5-7-17(10-19(16)21)24-29(25,26)18-8-6-14-3-1-2-4-15(14)9-18/h1-10,24H,11-13H2,(H2,22,23). The van der Waals surface area contributed by atoms with Crippen LogP contribution in [0.3, 0.4) is 0 Å². The quantitative estimate of drug-likeness (QED) is 0.671. The van der Waals surface area contributed by atoms with Gasteiger partial charge < -0.3 is 10.5 Å². The second kappa shape index (κ2) is 6.76. The van der Waals surface area contributed by atoms with E-state index in [0.29, 0.717) is 29.8 Å². The van der Waals surface area contributed by atoms with E-state index in [1.807, 2.05) is 42.5 Å². The van der Waals surface area contributed by atoms with Crippen molar-refractivity contribution in [2.75, 3.05) is 17.1 Å². The maximum Gasteiger partial charge on any atom is 0.261 e. The van der Waals surface area contributed by atoms with Gasteiger partial charge in [-0.1, -0.05) is 48.2 Å². The van der Waals surface area contributed by atoms with Crippen molar-refractivity contribution >= 4 is 43.4 Å². The van der Waals surface area contributed by atoms with E-state index >= 15 is 0 Å². The fourth-order valence-electron chi connectivity index (χ4n) is 3.84. The van der Waals surface area contributed by atoms with Crippen molar-refractivity contribution in [2.45, 2.75) is 17.0 Å². The number of aliphatic imine (C=N–C) groups is 1. The number of hydrogen-bond donors (Lipinski definition) is 2. The molecule has 1 unspecified atom stereocenters. The molecule has 0 aliphatic carbocycles. The van der Waals surface area contributed by atoms with Gasteiger partial charge in [-0.25, -0.2) is 13.4 Å². The molecule has 1 atom stereocenters. The lowest BCUT2D eigenvalue weighted by molar-refractivity contribution is 0.0634. The van der Waals surface area contributed by atoms with E-state index < -0.39 is 15.6 Å². The predicted molar refractivity (Wildman–Crippen MR) is 117 cm³/mol. The molecule has 8 heteroatoms. The zero-order chi connectivity index (χ0) is 20.1. The van der Waals surface area contributed by atoms with Crippen LogP contribution >= 0.6 is 11.8 Å². The number of rotatable bonds is 3. The molecular formula is C21H19N3O3S2. The Morgan fingerprint density at radius 3 is 2.69 bits per heavy atom. The molecule has 0 bridgehead atoms. The highest BCUT2D eigenvalue weighted by molar-refractivity contribution is 8.14. The number of nitrogens with two attached hydrogens (primary N) is 1. The number of thioether (sulfide) groups is 1. The Morgan fingerprint density at radius 2 is 1.90 bits per heavy atom. The first-order valence-corrected chi connectivity index (χ1v) is 11.6. The molecule has 0 saturated heterocycles. The minimum Gasteiger partial charge on any atom is -0.379 e. The molecule has 3 N–H and O–H groups in total. The number of fused-ring (bicyclic) bond motifs is 3. The van der Waals surface area contributed by atoms with Gasteiger partial charge in [-0.15, -0.1) is 0 Å². The first kappa shape index (κ1) is 18.5. The number of anilines is 1. The number of sulfonamides is 1. The van der Waals surface area contributed by atoms with E-state index in [2.05, 4.69) is 9.71 Å². The van der Waals surface area contributed by atoms with Gasteiger partial charge in [-0.05, 0) is 46.2 Å². The molecule has 0 saturated carbocycles. The third kappa shape index (κ3) is 3.27. The molecule has 1 spiro atoms. The van der Waals surface area contributed by atoms with Gasteiger partial charge in [0.05, 0.1) is 18.1 Å². The summed E-state index contributed by atoms with van der Waals surface area (Å²) in [6.07, 6.45) is 0. The van der Waals surface area contributed by atoms with Crippen molar-refractivity contribution in [3.63, 3.8) is 0 Å². The maximum atomic E-state index is 13.0. The molecule has 6 nitrogen and oxygen atoms in total. The highest BCUT2D eigenvalue weighted by Gasteiger charge is 2.41. The lowest BCUT2D eigenvalue weighted by Crippen LogP contribution is -2.35. The number of hydrogen-bond acceptors (Lipinski definition) is 6. The van der Waals surface area contributed by atoms with Gasteiger partial charge in [0.15, 0.2) is 5.17 Å². The molecule has 0 aromatic heterocycles. The Hall–Kier alpha value is -2.55. The average Bonchev–Trinajstić information content (AvgIpc) is 3.09. The summed E-state index contributed by atoms with van der Waals surface area (Å²) < 4.78 is 34.4. The van der Waals surface area contributed by atoms with Crippen molar-refractivity contribution in [2.24, 2.45) is 10.7 Å². The lowest BCUT2D eigenvalue weighted by atomic mass is 9.87. The molecular weight excluding hydrogens is 406 g/mol. The molecule has 29 heavy (non-hydrogen) atoms. The van der Waals surface area contributed by atoms with Gasteiger partial charge in [0, 0.05) is 11.4 Å². The summed E-state index contributed by atoms with van der Waals surface area (Å²) in [6.45, 7) is 0.920. The molecule has 148 valence electrons. The molecule has 0 fully saturated rings. The fraction of sp³-hybridized carbons (Fsp3) is 0.190. The summed E-state index contributed by atoms with van der Waals surface area (Å²) in [5.74, 6) is 0.687. The van der Waals surface area contributed by atoms with Crippen molar-refractivity contribution in [1.82, 2.24) is 0 Å². The summed E-state index contributed by atoms with van der Waals surface area (Å²) >= 11 is 1.49. The van der Waals surface area contributed by atoms with Crippen molar-refractivity contribution in [3.05, 3.63) is 71.8 Å². The number of amidine groups is 1. The lowest BCUT2D eigenvalue weighted by Gasteiger charge is -2.32. The maximum absolute atomic E-state index is 13.0. The minimum absolute atomic E-state index is 0.227. The summed E-state index contributed by atoms with van der Waals surface area (Å²) in [7, 11) is -3.72. The van der Waals surface area contributed by atoms with E-state index in [1.165, 1.54) is 11.8 Å². The third-order valence-corrected chi connectivity index (χ3v) is 7.66. The van der Waals surface area contributed by atoms with E-state index in [4.69, 9.17) is 10.5 Å². The predicted octanol–water partition coefficient (Wildman–Crippen LogP) is 3.43. The van der Waals surface area contributed by atoms with Gasteiger partial charge in [0.1, 0.15) is 5.54 Å². The average molecular weight is 426 g/mol. The largest absolute Gasteiger partial charge is 0.379 e. The van der Waals surface area contributed by atoms with Crippen molar-refractivity contribution in [3.8, 4) is 0 Å². The smallest absolute Gasteiger partial charge is 0.261 e. The normalized spacial score (nSPS) is 21.2. The number of nitrogens with zero attached hydrogens (tertiary/aromatic N) is 1. The third-order valence-electron chi connectivity index (χ3n) is 5.28. The van der Waals surface area contributed by atoms with Crippen LogP contribution in [-0.4, -0.2) is 25.9 Å².